The Kier molecular flexibility index (Phi) is 4.46. The van der Waals surface area contributed by atoms with Gasteiger partial charge in [-0.1, -0.05) is 6.07 Å². The summed E-state index contributed by atoms with van der Waals surface area (Å²) in [6.45, 7) is 0.855. The van der Waals surface area contributed by atoms with Crippen LogP contribution in [0.1, 0.15) is 31.2 Å². The fraction of sp³-hybridized carbons (Fsp3) is 0.611. The Labute approximate surface area is 153 Å². The van der Waals surface area contributed by atoms with Crippen LogP contribution in [0.15, 0.2) is 24.5 Å². The lowest BCUT2D eigenvalue weighted by Gasteiger charge is -2.27. The molecule has 0 N–H and O–H groups in total. The highest BCUT2D eigenvalue weighted by Gasteiger charge is 2.44. The maximum absolute atomic E-state index is 13.1. The molecular formula is C18H23N3O4S. The van der Waals surface area contributed by atoms with E-state index < -0.39 is 9.84 Å². The molecule has 0 spiro atoms. The molecule has 1 aliphatic carbocycles. The molecule has 0 radical (unpaired) electrons. The van der Waals surface area contributed by atoms with Crippen molar-refractivity contribution in [3.8, 4) is 0 Å². The molecule has 0 aromatic carbocycles. The Balaban J connectivity index is 1.44. The molecule has 140 valence electrons. The van der Waals surface area contributed by atoms with Crippen molar-refractivity contribution in [3.63, 3.8) is 0 Å². The number of nitrogens with zero attached hydrogens (tertiary/aromatic N) is 3. The van der Waals surface area contributed by atoms with E-state index in [1.54, 1.807) is 17.3 Å². The van der Waals surface area contributed by atoms with Crippen LogP contribution in [0.3, 0.4) is 0 Å². The van der Waals surface area contributed by atoms with Gasteiger partial charge in [0.25, 0.3) is 0 Å². The number of rotatable bonds is 5. The van der Waals surface area contributed by atoms with Crippen molar-refractivity contribution in [3.05, 3.63) is 30.1 Å². The normalized spacial score (nSPS) is 27.7. The van der Waals surface area contributed by atoms with Crippen molar-refractivity contribution in [1.29, 1.82) is 0 Å². The number of aromatic nitrogens is 1. The zero-order valence-corrected chi connectivity index (χ0v) is 15.4. The lowest BCUT2D eigenvalue weighted by atomic mass is 10.1. The summed E-state index contributed by atoms with van der Waals surface area (Å²) >= 11 is 0. The van der Waals surface area contributed by atoms with Gasteiger partial charge in [-0.2, -0.15) is 0 Å². The van der Waals surface area contributed by atoms with E-state index in [1.807, 2.05) is 17.0 Å². The highest BCUT2D eigenvalue weighted by molar-refractivity contribution is 7.91. The minimum atomic E-state index is -3.05. The maximum Gasteiger partial charge on any atom is 0.228 e. The molecule has 2 atom stereocenters. The largest absolute Gasteiger partial charge is 0.338 e. The van der Waals surface area contributed by atoms with Crippen molar-refractivity contribution >= 4 is 21.7 Å². The highest BCUT2D eigenvalue weighted by atomic mass is 32.2. The van der Waals surface area contributed by atoms with Gasteiger partial charge < -0.3 is 9.80 Å². The number of likely N-dealkylation sites (tertiary alicyclic amines) is 1. The van der Waals surface area contributed by atoms with Crippen LogP contribution < -0.4 is 0 Å². The molecule has 2 saturated heterocycles. The van der Waals surface area contributed by atoms with Crippen molar-refractivity contribution < 1.29 is 18.0 Å². The lowest BCUT2D eigenvalue weighted by Crippen LogP contribution is -2.41. The third-order valence-electron chi connectivity index (χ3n) is 5.50. The van der Waals surface area contributed by atoms with E-state index >= 15 is 0 Å². The molecular weight excluding hydrogens is 354 g/mol. The van der Waals surface area contributed by atoms with E-state index in [2.05, 4.69) is 4.98 Å². The number of hydrogen-bond acceptors (Lipinski definition) is 5. The smallest absolute Gasteiger partial charge is 0.228 e. The van der Waals surface area contributed by atoms with Gasteiger partial charge in [-0.05, 0) is 30.9 Å². The van der Waals surface area contributed by atoms with Crippen LogP contribution in [0.5, 0.6) is 0 Å². The number of carbonyl (C=O) groups excluding carboxylic acids is 2. The fourth-order valence-electron chi connectivity index (χ4n) is 3.97. The molecule has 2 aliphatic heterocycles. The van der Waals surface area contributed by atoms with E-state index in [0.29, 0.717) is 19.5 Å². The van der Waals surface area contributed by atoms with E-state index in [0.717, 1.165) is 18.4 Å². The van der Waals surface area contributed by atoms with Gasteiger partial charge >= 0.3 is 0 Å². The molecule has 7 nitrogen and oxygen atoms in total. The molecule has 0 bridgehead atoms. The molecule has 1 aromatic rings. The minimum absolute atomic E-state index is 0.00746. The highest BCUT2D eigenvalue weighted by Crippen LogP contribution is 2.33. The Hall–Kier alpha value is -1.96. The van der Waals surface area contributed by atoms with Crippen molar-refractivity contribution in [2.75, 3.05) is 18.1 Å². The van der Waals surface area contributed by atoms with Gasteiger partial charge in [-0.15, -0.1) is 0 Å². The molecule has 2 amide bonds. The summed E-state index contributed by atoms with van der Waals surface area (Å²) < 4.78 is 23.4. The van der Waals surface area contributed by atoms with Crippen LogP contribution in [0.25, 0.3) is 0 Å². The van der Waals surface area contributed by atoms with Crippen LogP contribution >= 0.6 is 0 Å². The molecule has 3 fully saturated rings. The van der Waals surface area contributed by atoms with Crippen molar-refractivity contribution in [2.24, 2.45) is 5.92 Å². The van der Waals surface area contributed by atoms with E-state index in [4.69, 9.17) is 0 Å². The van der Waals surface area contributed by atoms with Gasteiger partial charge in [0.05, 0.1) is 17.4 Å². The summed E-state index contributed by atoms with van der Waals surface area (Å²) in [5.74, 6) is -0.296. The monoisotopic (exact) mass is 377 g/mol. The summed E-state index contributed by atoms with van der Waals surface area (Å²) in [4.78, 5) is 33.1. The Bertz CT molecular complexity index is 807. The summed E-state index contributed by atoms with van der Waals surface area (Å²) in [7, 11) is -3.05. The van der Waals surface area contributed by atoms with Crippen LogP contribution in [-0.4, -0.2) is 65.2 Å². The van der Waals surface area contributed by atoms with Gasteiger partial charge in [0.2, 0.25) is 11.8 Å². The van der Waals surface area contributed by atoms with Crippen molar-refractivity contribution in [2.45, 2.75) is 44.3 Å². The molecule has 3 heterocycles. The fourth-order valence-corrected chi connectivity index (χ4v) is 5.70. The first-order valence-corrected chi connectivity index (χ1v) is 10.9. The predicted octanol–water partition coefficient (Wildman–Crippen LogP) is 0.608. The van der Waals surface area contributed by atoms with Gasteiger partial charge in [0.1, 0.15) is 0 Å². The number of amides is 2. The Morgan fingerprint density at radius 2 is 2.12 bits per heavy atom. The molecule has 3 aliphatic rings. The standard InChI is InChI=1S/C18H23N3O4S/c22-17-8-14(11-20(17)16-5-7-26(24,25)12-16)18(23)21(15-3-4-15)10-13-2-1-6-19-9-13/h1-2,6,9,14-16H,3-5,7-8,10-12H2. The first-order valence-electron chi connectivity index (χ1n) is 9.12. The zero-order chi connectivity index (χ0) is 18.3. The quantitative estimate of drug-likeness (QED) is 0.750. The molecule has 2 unspecified atom stereocenters. The van der Waals surface area contributed by atoms with Gasteiger partial charge in [0.15, 0.2) is 9.84 Å². The summed E-state index contributed by atoms with van der Waals surface area (Å²) in [6.07, 6.45) is 6.13. The third-order valence-corrected chi connectivity index (χ3v) is 7.25. The Morgan fingerprint density at radius 3 is 2.73 bits per heavy atom. The van der Waals surface area contributed by atoms with Crippen LogP contribution in [0.2, 0.25) is 0 Å². The Morgan fingerprint density at radius 1 is 1.31 bits per heavy atom. The molecule has 1 aromatic heterocycles. The maximum atomic E-state index is 13.1. The predicted molar refractivity (Wildman–Crippen MR) is 94.7 cm³/mol. The molecule has 1 saturated carbocycles. The van der Waals surface area contributed by atoms with E-state index in [1.165, 1.54) is 0 Å². The van der Waals surface area contributed by atoms with Crippen LogP contribution in [0.4, 0.5) is 0 Å². The second kappa shape index (κ2) is 6.64. The van der Waals surface area contributed by atoms with Crippen molar-refractivity contribution in [1.82, 2.24) is 14.8 Å². The number of sulfone groups is 1. The molecule has 8 heteroatoms. The lowest BCUT2D eigenvalue weighted by molar-refractivity contribution is -0.137. The first-order chi connectivity index (χ1) is 12.4. The second-order valence-electron chi connectivity index (χ2n) is 7.56. The van der Waals surface area contributed by atoms with Gasteiger partial charge in [-0.25, -0.2) is 8.42 Å². The van der Waals surface area contributed by atoms with Gasteiger partial charge in [-0.3, -0.25) is 14.6 Å². The topological polar surface area (TPSA) is 87.7 Å². The molecule has 26 heavy (non-hydrogen) atoms. The second-order valence-corrected chi connectivity index (χ2v) is 9.79. The van der Waals surface area contributed by atoms with E-state index in [9.17, 15) is 18.0 Å². The summed E-state index contributed by atoms with van der Waals surface area (Å²) in [5.41, 5.74) is 0.982. The SMILES string of the molecule is O=C1CC(C(=O)N(Cc2cccnc2)C2CC2)CN1C1CCS(=O)(=O)C1. The number of pyridine rings is 1. The average molecular weight is 377 g/mol. The third kappa shape index (κ3) is 3.60. The average Bonchev–Trinajstić information content (AvgIpc) is 3.29. The number of carbonyl (C=O) groups is 2. The number of hydrogen-bond donors (Lipinski definition) is 0. The molecule has 4 rings (SSSR count). The zero-order valence-electron chi connectivity index (χ0n) is 14.6. The first kappa shape index (κ1) is 17.5. The summed E-state index contributed by atoms with van der Waals surface area (Å²) in [6, 6.07) is 3.79. The minimum Gasteiger partial charge on any atom is -0.338 e. The summed E-state index contributed by atoms with van der Waals surface area (Å²) in [5, 5.41) is 0. The van der Waals surface area contributed by atoms with Crippen LogP contribution in [0, 0.1) is 5.92 Å². The van der Waals surface area contributed by atoms with E-state index in [-0.39, 0.29) is 47.7 Å². The van der Waals surface area contributed by atoms with Crippen LogP contribution in [-0.2, 0) is 26.0 Å². The van der Waals surface area contributed by atoms with Gasteiger partial charge in [0, 0.05) is 44.0 Å².